The number of benzene rings is 5. The van der Waals surface area contributed by atoms with E-state index >= 15 is 0 Å². The minimum atomic E-state index is 0.706. The second-order valence-corrected chi connectivity index (χ2v) is 10.6. The minimum Gasteiger partial charge on any atom is -0.309 e. The van der Waals surface area contributed by atoms with Crippen molar-refractivity contribution >= 4 is 21.8 Å². The Morgan fingerprint density at radius 3 is 1.49 bits per heavy atom. The molecule has 3 aromatic heterocycles. The summed E-state index contributed by atoms with van der Waals surface area (Å²) in [6.45, 7) is 0. The summed E-state index contributed by atoms with van der Waals surface area (Å²) in [7, 11) is 0. The molecule has 0 aliphatic rings. The summed E-state index contributed by atoms with van der Waals surface area (Å²) in [6, 6.07) is 50.7. The third kappa shape index (κ3) is 4.55. The van der Waals surface area contributed by atoms with E-state index < -0.39 is 0 Å². The average molecular weight is 551 g/mol. The predicted molar refractivity (Wildman–Crippen MR) is 176 cm³/mol. The quantitative estimate of drug-likeness (QED) is 0.214. The molecule has 0 amide bonds. The Bertz CT molecular complexity index is 2150. The fraction of sp³-hybridized carbons (Fsp3) is 0. The molecule has 0 radical (unpaired) electrons. The van der Waals surface area contributed by atoms with Gasteiger partial charge < -0.3 is 4.57 Å². The molecule has 4 heteroatoms. The maximum absolute atomic E-state index is 5.03. The zero-order valence-corrected chi connectivity index (χ0v) is 23.3. The number of pyridine rings is 1. The lowest BCUT2D eigenvalue weighted by Gasteiger charge is -2.12. The Kier molecular flexibility index (Phi) is 6.08. The van der Waals surface area contributed by atoms with Gasteiger partial charge in [-0.2, -0.15) is 0 Å². The molecule has 4 nitrogen and oxygen atoms in total. The molecule has 0 atom stereocenters. The molecule has 0 N–H and O–H groups in total. The van der Waals surface area contributed by atoms with E-state index in [1.54, 1.807) is 0 Å². The summed E-state index contributed by atoms with van der Waals surface area (Å²) in [4.78, 5) is 14.2. The third-order valence-electron chi connectivity index (χ3n) is 7.95. The van der Waals surface area contributed by atoms with Crippen molar-refractivity contribution < 1.29 is 0 Å². The van der Waals surface area contributed by atoms with Gasteiger partial charge in [0.15, 0.2) is 5.82 Å². The van der Waals surface area contributed by atoms with Crippen molar-refractivity contribution in [2.24, 2.45) is 0 Å². The van der Waals surface area contributed by atoms with E-state index in [0.29, 0.717) is 5.82 Å². The highest BCUT2D eigenvalue weighted by Gasteiger charge is 2.14. The monoisotopic (exact) mass is 550 g/mol. The van der Waals surface area contributed by atoms with E-state index in [1.807, 2.05) is 42.7 Å². The molecule has 8 rings (SSSR count). The second-order valence-electron chi connectivity index (χ2n) is 10.6. The van der Waals surface area contributed by atoms with Gasteiger partial charge in [0, 0.05) is 45.5 Å². The molecule has 5 aromatic carbocycles. The lowest BCUT2D eigenvalue weighted by atomic mass is 10.0. The number of rotatable bonds is 5. The van der Waals surface area contributed by atoms with Crippen molar-refractivity contribution in [1.82, 2.24) is 19.5 Å². The van der Waals surface area contributed by atoms with Crippen LogP contribution in [0.15, 0.2) is 158 Å². The minimum absolute atomic E-state index is 0.706. The number of fused-ring (bicyclic) bond motifs is 3. The third-order valence-corrected chi connectivity index (χ3v) is 7.95. The molecule has 0 aliphatic heterocycles. The first-order valence-electron chi connectivity index (χ1n) is 14.4. The number of hydrogen-bond acceptors (Lipinski definition) is 3. The van der Waals surface area contributed by atoms with Crippen molar-refractivity contribution in [3.8, 4) is 50.7 Å². The van der Waals surface area contributed by atoms with E-state index in [9.17, 15) is 0 Å². The van der Waals surface area contributed by atoms with Gasteiger partial charge in [-0.15, -0.1) is 0 Å². The van der Waals surface area contributed by atoms with Crippen molar-refractivity contribution in [2.45, 2.75) is 0 Å². The zero-order valence-electron chi connectivity index (χ0n) is 23.3. The molecule has 0 aliphatic carbocycles. The first-order chi connectivity index (χ1) is 21.3. The Morgan fingerprint density at radius 2 is 0.884 bits per heavy atom. The Labute approximate surface area is 249 Å². The van der Waals surface area contributed by atoms with Crippen molar-refractivity contribution in [1.29, 1.82) is 0 Å². The van der Waals surface area contributed by atoms with Crippen LogP contribution < -0.4 is 0 Å². The highest BCUT2D eigenvalue weighted by atomic mass is 15.0. The Morgan fingerprint density at radius 1 is 0.395 bits per heavy atom. The first kappa shape index (κ1) is 24.9. The van der Waals surface area contributed by atoms with Gasteiger partial charge in [0.25, 0.3) is 0 Å². The van der Waals surface area contributed by atoms with E-state index in [-0.39, 0.29) is 0 Å². The predicted octanol–water partition coefficient (Wildman–Crippen LogP) is 9.64. The molecule has 0 unspecified atom stereocenters. The van der Waals surface area contributed by atoms with Gasteiger partial charge >= 0.3 is 0 Å². The summed E-state index contributed by atoms with van der Waals surface area (Å²) in [6.07, 6.45) is 3.64. The summed E-state index contributed by atoms with van der Waals surface area (Å²) in [5.41, 5.74) is 10.6. The van der Waals surface area contributed by atoms with Crippen LogP contribution in [0.2, 0.25) is 0 Å². The summed E-state index contributed by atoms with van der Waals surface area (Å²) in [5, 5.41) is 2.51. The molecular formula is C39H26N4. The van der Waals surface area contributed by atoms with Crippen LogP contribution in [0, 0.1) is 0 Å². The van der Waals surface area contributed by atoms with Crippen LogP contribution >= 0.6 is 0 Å². The van der Waals surface area contributed by atoms with Crippen LogP contribution in [0.3, 0.4) is 0 Å². The van der Waals surface area contributed by atoms with Crippen LogP contribution in [-0.4, -0.2) is 19.5 Å². The van der Waals surface area contributed by atoms with Gasteiger partial charge in [0.1, 0.15) is 0 Å². The summed E-state index contributed by atoms with van der Waals surface area (Å²) in [5.74, 6) is 0.706. The van der Waals surface area contributed by atoms with Crippen molar-refractivity contribution in [2.75, 3.05) is 0 Å². The van der Waals surface area contributed by atoms with Crippen LogP contribution in [-0.2, 0) is 0 Å². The standard InChI is InChI=1S/C39H26N4/c1-2-8-31(9-3-1)39-41-35(29-16-14-27(15-17-29)28-22-24-40-25-23-28)26-36(42-39)30-18-20-32(21-19-30)43-37-12-6-4-10-33(37)34-11-5-7-13-38(34)43/h1-26H. The van der Waals surface area contributed by atoms with Gasteiger partial charge in [0.2, 0.25) is 0 Å². The summed E-state index contributed by atoms with van der Waals surface area (Å²) < 4.78 is 2.33. The maximum Gasteiger partial charge on any atom is 0.160 e. The first-order valence-corrected chi connectivity index (χ1v) is 14.4. The van der Waals surface area contributed by atoms with E-state index in [2.05, 4.69) is 125 Å². The highest BCUT2D eigenvalue weighted by Crippen LogP contribution is 2.33. The fourth-order valence-corrected chi connectivity index (χ4v) is 5.82. The van der Waals surface area contributed by atoms with Crippen LogP contribution in [0.5, 0.6) is 0 Å². The molecule has 202 valence electrons. The SMILES string of the molecule is c1ccc(-c2nc(-c3ccc(-c4ccncc4)cc3)cc(-c3ccc(-n4c5ccccc5c5ccccc54)cc3)n2)cc1. The zero-order chi connectivity index (χ0) is 28.6. The molecule has 0 saturated carbocycles. The summed E-state index contributed by atoms with van der Waals surface area (Å²) >= 11 is 0. The van der Waals surface area contributed by atoms with Gasteiger partial charge in [-0.25, -0.2) is 9.97 Å². The van der Waals surface area contributed by atoms with E-state index in [1.165, 1.54) is 21.8 Å². The smallest absolute Gasteiger partial charge is 0.160 e. The molecule has 0 bridgehead atoms. The van der Waals surface area contributed by atoms with E-state index in [4.69, 9.17) is 9.97 Å². The lowest BCUT2D eigenvalue weighted by molar-refractivity contribution is 1.17. The molecule has 0 spiro atoms. The van der Waals surface area contributed by atoms with E-state index in [0.717, 1.165) is 44.9 Å². The van der Waals surface area contributed by atoms with Crippen LogP contribution in [0.4, 0.5) is 0 Å². The van der Waals surface area contributed by atoms with Crippen molar-refractivity contribution in [3.05, 3.63) is 158 Å². The number of nitrogens with zero attached hydrogens (tertiary/aromatic N) is 4. The molecule has 8 aromatic rings. The molecule has 3 heterocycles. The highest BCUT2D eigenvalue weighted by molar-refractivity contribution is 6.09. The maximum atomic E-state index is 5.03. The largest absolute Gasteiger partial charge is 0.309 e. The van der Waals surface area contributed by atoms with Crippen molar-refractivity contribution in [3.63, 3.8) is 0 Å². The molecule has 0 saturated heterocycles. The van der Waals surface area contributed by atoms with Gasteiger partial charge in [-0.1, -0.05) is 103 Å². The Hall–Kier alpha value is -5.87. The van der Waals surface area contributed by atoms with Crippen LogP contribution in [0.1, 0.15) is 0 Å². The fourth-order valence-electron chi connectivity index (χ4n) is 5.82. The lowest BCUT2D eigenvalue weighted by Crippen LogP contribution is -1.97. The van der Waals surface area contributed by atoms with Gasteiger partial charge in [0.05, 0.1) is 22.4 Å². The molecule has 43 heavy (non-hydrogen) atoms. The number of hydrogen-bond donors (Lipinski definition) is 0. The van der Waals surface area contributed by atoms with Gasteiger partial charge in [-0.05, 0) is 53.6 Å². The Balaban J connectivity index is 1.22. The van der Waals surface area contributed by atoms with Gasteiger partial charge in [-0.3, -0.25) is 4.98 Å². The topological polar surface area (TPSA) is 43.6 Å². The number of aromatic nitrogens is 4. The second kappa shape index (κ2) is 10.5. The van der Waals surface area contributed by atoms with Crippen LogP contribution in [0.25, 0.3) is 72.5 Å². The normalized spacial score (nSPS) is 11.3. The molecule has 0 fully saturated rings. The number of para-hydroxylation sites is 2. The molecular weight excluding hydrogens is 524 g/mol. The average Bonchev–Trinajstić information content (AvgIpc) is 3.43.